The van der Waals surface area contributed by atoms with Crippen LogP contribution in [0.2, 0.25) is 0 Å². The molecule has 2 N–H and O–H groups in total. The molecule has 6 heteroatoms. The molecule has 2 rings (SSSR count). The molecule has 1 saturated heterocycles. The van der Waals surface area contributed by atoms with Crippen LogP contribution in [0.25, 0.3) is 0 Å². The molecule has 0 aromatic heterocycles. The van der Waals surface area contributed by atoms with Crippen molar-refractivity contribution in [3.8, 4) is 0 Å². The van der Waals surface area contributed by atoms with Crippen molar-refractivity contribution in [1.29, 1.82) is 0 Å². The van der Waals surface area contributed by atoms with Crippen molar-refractivity contribution < 1.29 is 13.2 Å². The first-order valence-corrected chi connectivity index (χ1v) is 8.80. The van der Waals surface area contributed by atoms with Crippen LogP contribution in [0, 0.1) is 6.92 Å². The van der Waals surface area contributed by atoms with E-state index in [9.17, 15) is 8.42 Å². The van der Waals surface area contributed by atoms with Crippen LogP contribution in [0.1, 0.15) is 30.9 Å². The maximum absolute atomic E-state index is 12.5. The zero-order valence-electron chi connectivity index (χ0n) is 12.8. The van der Waals surface area contributed by atoms with E-state index in [4.69, 9.17) is 4.74 Å². The second-order valence-electron chi connectivity index (χ2n) is 5.58. The molecule has 21 heavy (non-hydrogen) atoms. The maximum atomic E-state index is 12.5. The zero-order valence-corrected chi connectivity index (χ0v) is 13.7. The fourth-order valence-corrected chi connectivity index (χ4v) is 3.90. The Morgan fingerprint density at radius 1 is 1.43 bits per heavy atom. The molecule has 1 aromatic rings. The summed E-state index contributed by atoms with van der Waals surface area (Å²) in [7, 11) is -1.67. The van der Waals surface area contributed by atoms with Gasteiger partial charge in [0.15, 0.2) is 0 Å². The Labute approximate surface area is 127 Å². The molecule has 0 aliphatic carbocycles. The summed E-state index contributed by atoms with van der Waals surface area (Å²) >= 11 is 0. The van der Waals surface area contributed by atoms with E-state index in [1.807, 2.05) is 27.0 Å². The molecule has 0 radical (unpaired) electrons. The minimum atomic E-state index is -3.51. The minimum absolute atomic E-state index is 0.0259. The topological polar surface area (TPSA) is 67.4 Å². The fraction of sp³-hybridized carbons (Fsp3) is 0.600. The predicted molar refractivity (Wildman–Crippen MR) is 82.7 cm³/mol. The smallest absolute Gasteiger partial charge is 0.240 e. The van der Waals surface area contributed by atoms with Gasteiger partial charge >= 0.3 is 0 Å². The summed E-state index contributed by atoms with van der Waals surface area (Å²) in [6.07, 6.45) is 1.87. The van der Waals surface area contributed by atoms with Crippen molar-refractivity contribution in [3.63, 3.8) is 0 Å². The Balaban J connectivity index is 2.16. The van der Waals surface area contributed by atoms with Crippen molar-refractivity contribution >= 4 is 10.0 Å². The molecule has 118 valence electrons. The highest BCUT2D eigenvalue weighted by atomic mass is 32.2. The number of rotatable bonds is 6. The monoisotopic (exact) mass is 312 g/mol. The van der Waals surface area contributed by atoms with E-state index >= 15 is 0 Å². The van der Waals surface area contributed by atoms with Gasteiger partial charge in [-0.2, -0.15) is 0 Å². The molecular formula is C15H24N2O3S. The third-order valence-electron chi connectivity index (χ3n) is 3.86. The Kier molecular flexibility index (Phi) is 5.37. The molecule has 1 aromatic carbocycles. The van der Waals surface area contributed by atoms with E-state index in [1.165, 1.54) is 0 Å². The molecule has 0 spiro atoms. The van der Waals surface area contributed by atoms with Crippen LogP contribution in [0.3, 0.4) is 0 Å². The van der Waals surface area contributed by atoms with E-state index in [0.717, 1.165) is 24.0 Å². The molecule has 2 atom stereocenters. The second kappa shape index (κ2) is 6.87. The van der Waals surface area contributed by atoms with Crippen LogP contribution >= 0.6 is 0 Å². The van der Waals surface area contributed by atoms with Crippen molar-refractivity contribution in [3.05, 3.63) is 29.3 Å². The molecule has 1 aliphatic heterocycles. The first kappa shape index (κ1) is 16.4. The van der Waals surface area contributed by atoms with Crippen LogP contribution in [0.4, 0.5) is 0 Å². The molecule has 0 amide bonds. The van der Waals surface area contributed by atoms with Gasteiger partial charge in [-0.1, -0.05) is 6.07 Å². The lowest BCUT2D eigenvalue weighted by atomic mass is 10.1. The van der Waals surface area contributed by atoms with Crippen LogP contribution in [0.5, 0.6) is 0 Å². The Bertz CT molecular complexity index is 581. The van der Waals surface area contributed by atoms with Gasteiger partial charge < -0.3 is 10.1 Å². The largest absolute Gasteiger partial charge is 0.377 e. The van der Waals surface area contributed by atoms with Crippen molar-refractivity contribution in [2.75, 3.05) is 13.7 Å². The SMILES string of the molecule is CNCc1cc(S(=O)(=O)NC(C)C2CCCO2)ccc1C. The number of hydrogen-bond acceptors (Lipinski definition) is 4. The number of aryl methyl sites for hydroxylation is 1. The lowest BCUT2D eigenvalue weighted by molar-refractivity contribution is 0.0902. The molecule has 5 nitrogen and oxygen atoms in total. The average molecular weight is 312 g/mol. The summed E-state index contributed by atoms with van der Waals surface area (Å²) < 4.78 is 33.2. The van der Waals surface area contributed by atoms with Gasteiger partial charge in [0.2, 0.25) is 10.0 Å². The highest BCUT2D eigenvalue weighted by Crippen LogP contribution is 2.19. The lowest BCUT2D eigenvalue weighted by Crippen LogP contribution is -2.40. The molecule has 0 bridgehead atoms. The maximum Gasteiger partial charge on any atom is 0.240 e. The number of benzene rings is 1. The van der Waals surface area contributed by atoms with E-state index < -0.39 is 10.0 Å². The van der Waals surface area contributed by atoms with E-state index in [2.05, 4.69) is 10.0 Å². The molecule has 2 unspecified atom stereocenters. The van der Waals surface area contributed by atoms with Gasteiger partial charge in [0.1, 0.15) is 0 Å². The van der Waals surface area contributed by atoms with E-state index in [-0.39, 0.29) is 12.1 Å². The van der Waals surface area contributed by atoms with E-state index in [0.29, 0.717) is 18.0 Å². The Morgan fingerprint density at radius 3 is 2.81 bits per heavy atom. The fourth-order valence-electron chi connectivity index (χ4n) is 2.58. The molecular weight excluding hydrogens is 288 g/mol. The number of sulfonamides is 1. The number of ether oxygens (including phenoxy) is 1. The third kappa shape index (κ3) is 4.03. The van der Waals surface area contributed by atoms with Gasteiger partial charge in [-0.3, -0.25) is 0 Å². The number of nitrogens with one attached hydrogen (secondary N) is 2. The predicted octanol–water partition coefficient (Wildman–Crippen LogP) is 1.56. The molecule has 0 saturated carbocycles. The average Bonchev–Trinajstić information content (AvgIpc) is 2.95. The van der Waals surface area contributed by atoms with Crippen LogP contribution < -0.4 is 10.0 Å². The summed E-state index contributed by atoms with van der Waals surface area (Å²) in [5.74, 6) is 0. The summed E-state index contributed by atoms with van der Waals surface area (Å²) in [5.41, 5.74) is 2.07. The summed E-state index contributed by atoms with van der Waals surface area (Å²) in [6, 6.07) is 5.01. The normalized spacial score (nSPS) is 20.6. The van der Waals surface area contributed by atoms with Gasteiger partial charge in [-0.25, -0.2) is 13.1 Å². The van der Waals surface area contributed by atoms with Gasteiger partial charge in [0.05, 0.1) is 11.0 Å². The first-order valence-electron chi connectivity index (χ1n) is 7.32. The minimum Gasteiger partial charge on any atom is -0.377 e. The molecule has 1 aliphatic rings. The van der Waals surface area contributed by atoms with Gasteiger partial charge in [0, 0.05) is 19.2 Å². The second-order valence-corrected chi connectivity index (χ2v) is 7.29. The standard InChI is InChI=1S/C15H24N2O3S/c1-11-6-7-14(9-13(11)10-16-3)21(18,19)17-12(2)15-5-4-8-20-15/h6-7,9,12,15-17H,4-5,8,10H2,1-3H3. The van der Waals surface area contributed by atoms with Gasteiger partial charge in [0.25, 0.3) is 0 Å². The number of hydrogen-bond donors (Lipinski definition) is 2. The van der Waals surface area contributed by atoms with Crippen LogP contribution in [-0.4, -0.2) is 34.2 Å². The highest BCUT2D eigenvalue weighted by Gasteiger charge is 2.27. The quantitative estimate of drug-likeness (QED) is 0.836. The summed E-state index contributed by atoms with van der Waals surface area (Å²) in [4.78, 5) is 0.309. The van der Waals surface area contributed by atoms with Crippen molar-refractivity contribution in [2.24, 2.45) is 0 Å². The lowest BCUT2D eigenvalue weighted by Gasteiger charge is -2.20. The Morgan fingerprint density at radius 2 is 2.19 bits per heavy atom. The third-order valence-corrected chi connectivity index (χ3v) is 5.42. The summed E-state index contributed by atoms with van der Waals surface area (Å²) in [6.45, 7) is 5.20. The van der Waals surface area contributed by atoms with Crippen LogP contribution in [-0.2, 0) is 21.3 Å². The highest BCUT2D eigenvalue weighted by molar-refractivity contribution is 7.89. The Hall–Kier alpha value is -0.950. The summed E-state index contributed by atoms with van der Waals surface area (Å²) in [5, 5.41) is 3.05. The zero-order chi connectivity index (χ0) is 15.5. The van der Waals surface area contributed by atoms with Crippen molar-refractivity contribution in [1.82, 2.24) is 10.0 Å². The van der Waals surface area contributed by atoms with Gasteiger partial charge in [-0.05, 0) is 57.0 Å². The molecule has 1 fully saturated rings. The van der Waals surface area contributed by atoms with Crippen molar-refractivity contribution in [2.45, 2.75) is 50.3 Å². The first-order chi connectivity index (χ1) is 9.94. The van der Waals surface area contributed by atoms with Gasteiger partial charge in [-0.15, -0.1) is 0 Å². The molecule has 1 heterocycles. The van der Waals surface area contributed by atoms with E-state index in [1.54, 1.807) is 12.1 Å². The van der Waals surface area contributed by atoms with Crippen LogP contribution in [0.15, 0.2) is 23.1 Å².